The minimum absolute atomic E-state index is 0.0946. The maximum absolute atomic E-state index is 12.6. The molecule has 6 nitrogen and oxygen atoms in total. The van der Waals surface area contributed by atoms with Crippen molar-refractivity contribution in [2.45, 2.75) is 69.7 Å². The molecule has 0 spiro atoms. The number of hydrogen-bond donors (Lipinski definition) is 4. The third-order valence-electron chi connectivity index (χ3n) is 5.77. The van der Waals surface area contributed by atoms with Crippen molar-refractivity contribution in [2.24, 2.45) is 0 Å². The molecule has 2 aliphatic rings. The number of hydrogen-bond acceptors (Lipinski definition) is 6. The van der Waals surface area contributed by atoms with Crippen molar-refractivity contribution in [2.75, 3.05) is 0 Å². The van der Waals surface area contributed by atoms with Gasteiger partial charge in [-0.2, -0.15) is 0 Å². The smallest absolute Gasteiger partial charge is 0.174 e. The molecule has 0 saturated heterocycles. The number of aliphatic hydroxyl groups excluding tert-OH is 1. The molecule has 1 aromatic carbocycles. The van der Waals surface area contributed by atoms with Crippen molar-refractivity contribution >= 4 is 5.78 Å². The maximum atomic E-state index is 12.6. The third kappa shape index (κ3) is 1.87. The Balaban J connectivity index is 2.39. The Bertz CT molecular complexity index is 697. The second kappa shape index (κ2) is 5.36. The Labute approximate surface area is 140 Å². The van der Waals surface area contributed by atoms with Crippen molar-refractivity contribution in [1.29, 1.82) is 0 Å². The Hall–Kier alpha value is -1.79. The number of phenolic OH excluding ortho intramolecular Hbond substituents is 2. The van der Waals surface area contributed by atoms with Gasteiger partial charge < -0.3 is 25.2 Å². The van der Waals surface area contributed by atoms with Crippen LogP contribution in [-0.2, 0) is 10.2 Å². The van der Waals surface area contributed by atoms with E-state index >= 15 is 0 Å². The number of fused-ring (bicyclic) bond motifs is 3. The van der Waals surface area contributed by atoms with Crippen molar-refractivity contribution < 1.29 is 30.0 Å². The van der Waals surface area contributed by atoms with Gasteiger partial charge in [0.2, 0.25) is 0 Å². The molecule has 0 aromatic heterocycles. The Morgan fingerprint density at radius 2 is 2.04 bits per heavy atom. The predicted octanol–water partition coefficient (Wildman–Crippen LogP) is 1.68. The maximum Gasteiger partial charge on any atom is 0.174 e. The van der Waals surface area contributed by atoms with E-state index in [0.29, 0.717) is 24.0 Å². The number of Topliss-reactive ketones (excluding diaryl/α,β-unsaturated/α-hetero) is 1. The number of carbonyl (C=O) groups excluding carboxylic acids is 1. The molecule has 4 atom stereocenters. The lowest BCUT2D eigenvalue weighted by Gasteiger charge is -2.52. The molecule has 1 fully saturated rings. The number of aromatic hydroxyl groups is 2. The van der Waals surface area contributed by atoms with Crippen LogP contribution in [0.3, 0.4) is 0 Å². The van der Waals surface area contributed by atoms with E-state index in [1.54, 1.807) is 6.92 Å². The largest absolute Gasteiger partial charge is 0.508 e. The summed E-state index contributed by atoms with van der Waals surface area (Å²) in [5.41, 5.74) is -1.89. The second-order valence-corrected chi connectivity index (χ2v) is 7.03. The number of carbonyl (C=O) groups is 1. The summed E-state index contributed by atoms with van der Waals surface area (Å²) < 4.78 is 5.81. The Morgan fingerprint density at radius 3 is 2.62 bits per heavy atom. The van der Waals surface area contributed by atoms with Crippen LogP contribution in [0.2, 0.25) is 0 Å². The van der Waals surface area contributed by atoms with Gasteiger partial charge in [0.1, 0.15) is 11.4 Å². The number of phenols is 2. The average molecular weight is 336 g/mol. The van der Waals surface area contributed by atoms with E-state index in [2.05, 4.69) is 0 Å². The lowest BCUT2D eigenvalue weighted by atomic mass is 9.54. The summed E-state index contributed by atoms with van der Waals surface area (Å²) in [5, 5.41) is 42.2. The van der Waals surface area contributed by atoms with E-state index in [9.17, 15) is 25.2 Å². The summed E-state index contributed by atoms with van der Waals surface area (Å²) in [7, 11) is 0. The van der Waals surface area contributed by atoms with E-state index < -0.39 is 23.2 Å². The molecule has 1 aliphatic heterocycles. The quantitative estimate of drug-likeness (QED) is 0.669. The van der Waals surface area contributed by atoms with Gasteiger partial charge in [0.15, 0.2) is 23.4 Å². The van der Waals surface area contributed by atoms with Gasteiger partial charge in [0, 0.05) is 18.1 Å². The van der Waals surface area contributed by atoms with Crippen LogP contribution in [0, 0.1) is 6.92 Å². The van der Waals surface area contributed by atoms with E-state index in [4.69, 9.17) is 4.74 Å². The van der Waals surface area contributed by atoms with Gasteiger partial charge in [0.05, 0.1) is 11.5 Å². The molecule has 1 aromatic rings. The van der Waals surface area contributed by atoms with Crippen LogP contribution >= 0.6 is 0 Å². The van der Waals surface area contributed by atoms with Crippen LogP contribution in [0.1, 0.15) is 50.7 Å². The molecule has 3 rings (SSSR count). The van der Waals surface area contributed by atoms with Crippen molar-refractivity contribution in [3.05, 3.63) is 17.2 Å². The summed E-state index contributed by atoms with van der Waals surface area (Å²) in [6.45, 7) is 5.09. The first-order valence-corrected chi connectivity index (χ1v) is 8.36. The number of rotatable bonds is 3. The van der Waals surface area contributed by atoms with E-state index in [1.165, 1.54) is 13.0 Å². The summed E-state index contributed by atoms with van der Waals surface area (Å²) >= 11 is 0. The van der Waals surface area contributed by atoms with Gasteiger partial charge in [-0.05, 0) is 32.3 Å². The standard InChI is InChI=1S/C18H24O6/c1-4-6-17-14-9(2)12(21)8-13(22)15(14)24-16(17)11(20)5-7-18(17,23)10(3)19/h8,10,16,19,21-23H,4-7H2,1-3H3/t10-,16-,17-,18+/m0/s1. The minimum Gasteiger partial charge on any atom is -0.508 e. The molecule has 0 radical (unpaired) electrons. The van der Waals surface area contributed by atoms with Gasteiger partial charge >= 0.3 is 0 Å². The summed E-state index contributed by atoms with van der Waals surface area (Å²) in [5.74, 6) is -0.433. The van der Waals surface area contributed by atoms with Crippen molar-refractivity contribution in [3.63, 3.8) is 0 Å². The van der Waals surface area contributed by atoms with Crippen LogP contribution < -0.4 is 4.74 Å². The lowest BCUT2D eigenvalue weighted by Crippen LogP contribution is -2.67. The monoisotopic (exact) mass is 336 g/mol. The number of ketones is 1. The summed E-state index contributed by atoms with van der Waals surface area (Å²) in [4.78, 5) is 12.6. The molecule has 4 N–H and O–H groups in total. The molecule has 132 valence electrons. The minimum atomic E-state index is -1.59. The first-order valence-electron chi connectivity index (χ1n) is 8.36. The molecule has 1 saturated carbocycles. The zero-order chi connectivity index (χ0) is 17.9. The Kier molecular flexibility index (Phi) is 3.81. The highest BCUT2D eigenvalue weighted by Crippen LogP contribution is 2.61. The number of ether oxygens (including phenoxy) is 1. The van der Waals surface area contributed by atoms with Gasteiger partial charge in [-0.15, -0.1) is 0 Å². The molecule has 6 heteroatoms. The third-order valence-corrected chi connectivity index (χ3v) is 5.77. The fourth-order valence-electron chi connectivity index (χ4n) is 4.64. The summed E-state index contributed by atoms with van der Waals surface area (Å²) in [6.07, 6.45) is -0.847. The van der Waals surface area contributed by atoms with Crippen LogP contribution in [0.4, 0.5) is 0 Å². The normalized spacial score (nSPS) is 32.9. The van der Waals surface area contributed by atoms with Gasteiger partial charge in [-0.1, -0.05) is 13.3 Å². The molecular formula is C18H24O6. The second-order valence-electron chi connectivity index (χ2n) is 7.03. The van der Waals surface area contributed by atoms with Gasteiger partial charge in [0.25, 0.3) is 0 Å². The number of aliphatic hydroxyl groups is 2. The molecule has 1 aliphatic carbocycles. The highest BCUT2D eigenvalue weighted by Gasteiger charge is 2.68. The van der Waals surface area contributed by atoms with Crippen molar-refractivity contribution in [1.82, 2.24) is 0 Å². The SMILES string of the molecule is CCC[C@]12c3c(C)c(O)cc(O)c3O[C@H]1C(=O)CC[C@@]2(O)[C@H](C)O. The predicted molar refractivity (Wildman–Crippen MR) is 86.4 cm³/mol. The van der Waals surface area contributed by atoms with Crippen LogP contribution in [0.15, 0.2) is 6.07 Å². The number of benzene rings is 1. The van der Waals surface area contributed by atoms with E-state index in [0.717, 1.165) is 0 Å². The first-order chi connectivity index (χ1) is 11.2. The van der Waals surface area contributed by atoms with Crippen LogP contribution in [0.5, 0.6) is 17.2 Å². The van der Waals surface area contributed by atoms with E-state index in [1.807, 2.05) is 6.92 Å². The molecule has 0 bridgehead atoms. The zero-order valence-corrected chi connectivity index (χ0v) is 14.2. The van der Waals surface area contributed by atoms with Crippen molar-refractivity contribution in [3.8, 4) is 17.2 Å². The molecule has 0 amide bonds. The van der Waals surface area contributed by atoms with Crippen LogP contribution in [0.25, 0.3) is 0 Å². The van der Waals surface area contributed by atoms with E-state index in [-0.39, 0.29) is 35.9 Å². The van der Waals surface area contributed by atoms with Gasteiger partial charge in [-0.25, -0.2) is 0 Å². The average Bonchev–Trinajstić information content (AvgIpc) is 2.87. The highest BCUT2D eigenvalue weighted by molar-refractivity contribution is 5.89. The highest BCUT2D eigenvalue weighted by atomic mass is 16.5. The molecule has 1 heterocycles. The fraction of sp³-hybridized carbons (Fsp3) is 0.611. The van der Waals surface area contributed by atoms with Crippen LogP contribution in [-0.4, -0.2) is 44.0 Å². The first kappa shape index (κ1) is 17.0. The lowest BCUT2D eigenvalue weighted by molar-refractivity contribution is -0.175. The zero-order valence-electron chi connectivity index (χ0n) is 14.2. The summed E-state index contributed by atoms with van der Waals surface area (Å²) in [6, 6.07) is 1.18. The molecule has 0 unspecified atom stereocenters. The molecule has 24 heavy (non-hydrogen) atoms. The topological polar surface area (TPSA) is 107 Å². The Morgan fingerprint density at radius 1 is 1.38 bits per heavy atom. The fourth-order valence-corrected chi connectivity index (χ4v) is 4.64. The molecular weight excluding hydrogens is 312 g/mol. The van der Waals surface area contributed by atoms with Gasteiger partial charge in [-0.3, -0.25) is 4.79 Å².